The van der Waals surface area contributed by atoms with E-state index in [-0.39, 0.29) is 0 Å². The van der Waals surface area contributed by atoms with Crippen molar-refractivity contribution in [1.82, 2.24) is 14.7 Å². The lowest BCUT2D eigenvalue weighted by atomic mass is 10.1. The number of aromatic nitrogens is 2. The largest absolute Gasteiger partial charge is 0.492 e. The first-order valence-corrected chi connectivity index (χ1v) is 6.69. The lowest BCUT2D eigenvalue weighted by Gasteiger charge is -2.39. The first kappa shape index (κ1) is 12.7. The highest BCUT2D eigenvalue weighted by molar-refractivity contribution is 5.34. The topological polar surface area (TPSA) is 54.1 Å². The molecule has 0 bridgehead atoms. The third kappa shape index (κ3) is 2.81. The monoisotopic (exact) mass is 268 g/mol. The minimum absolute atomic E-state index is 0.500. The van der Waals surface area contributed by atoms with E-state index >= 15 is 0 Å². The van der Waals surface area contributed by atoms with Crippen LogP contribution in [-0.4, -0.2) is 40.9 Å². The summed E-state index contributed by atoms with van der Waals surface area (Å²) in [5.41, 5.74) is 0.655. The van der Waals surface area contributed by atoms with Crippen molar-refractivity contribution in [3.63, 3.8) is 0 Å². The van der Waals surface area contributed by atoms with Crippen LogP contribution in [0.2, 0.25) is 0 Å². The van der Waals surface area contributed by atoms with E-state index in [9.17, 15) is 0 Å². The number of nitriles is 1. The van der Waals surface area contributed by atoms with Crippen molar-refractivity contribution in [3.05, 3.63) is 48.3 Å². The Bertz CT molecular complexity index is 579. The van der Waals surface area contributed by atoms with Gasteiger partial charge in [-0.2, -0.15) is 10.4 Å². The van der Waals surface area contributed by atoms with E-state index in [1.54, 1.807) is 12.1 Å². The van der Waals surface area contributed by atoms with Gasteiger partial charge in [-0.3, -0.25) is 9.58 Å². The van der Waals surface area contributed by atoms with Gasteiger partial charge in [-0.1, -0.05) is 0 Å². The fourth-order valence-electron chi connectivity index (χ4n) is 2.31. The van der Waals surface area contributed by atoms with Crippen molar-refractivity contribution in [2.24, 2.45) is 0 Å². The van der Waals surface area contributed by atoms with Gasteiger partial charge in [-0.05, 0) is 30.3 Å². The Morgan fingerprint density at radius 2 is 2.10 bits per heavy atom. The molecule has 0 aliphatic carbocycles. The van der Waals surface area contributed by atoms with Crippen molar-refractivity contribution in [2.75, 3.05) is 26.2 Å². The average molecular weight is 268 g/mol. The highest BCUT2D eigenvalue weighted by Crippen LogP contribution is 2.19. The van der Waals surface area contributed by atoms with Crippen LogP contribution in [0.15, 0.2) is 42.7 Å². The van der Waals surface area contributed by atoms with Crippen LogP contribution >= 0.6 is 0 Å². The number of benzene rings is 1. The van der Waals surface area contributed by atoms with Crippen molar-refractivity contribution in [1.29, 1.82) is 5.26 Å². The maximum atomic E-state index is 8.72. The summed E-state index contributed by atoms with van der Waals surface area (Å²) in [5.74, 6) is 0.813. The predicted octanol–water partition coefficient (Wildman–Crippen LogP) is 1.69. The van der Waals surface area contributed by atoms with Crippen molar-refractivity contribution < 1.29 is 4.74 Å². The van der Waals surface area contributed by atoms with Gasteiger partial charge >= 0.3 is 0 Å². The fourth-order valence-corrected chi connectivity index (χ4v) is 2.31. The molecular formula is C15H16N4O. The number of rotatable bonds is 5. The molecule has 0 N–H and O–H groups in total. The molecule has 3 rings (SSSR count). The molecular weight excluding hydrogens is 252 g/mol. The van der Waals surface area contributed by atoms with Crippen LogP contribution in [0.3, 0.4) is 0 Å². The zero-order chi connectivity index (χ0) is 13.8. The molecule has 1 aliphatic heterocycles. The van der Waals surface area contributed by atoms with Gasteiger partial charge in [0.2, 0.25) is 0 Å². The quantitative estimate of drug-likeness (QED) is 0.828. The normalized spacial score (nSPS) is 15.6. The first-order valence-electron chi connectivity index (χ1n) is 6.69. The van der Waals surface area contributed by atoms with Crippen LogP contribution in [0.4, 0.5) is 0 Å². The van der Waals surface area contributed by atoms with Crippen LogP contribution in [0.5, 0.6) is 5.75 Å². The highest BCUT2D eigenvalue weighted by atomic mass is 16.5. The van der Waals surface area contributed by atoms with Crippen LogP contribution in [0.1, 0.15) is 11.6 Å². The molecule has 0 saturated carbocycles. The number of likely N-dealkylation sites (tertiary alicyclic amines) is 1. The number of hydrogen-bond donors (Lipinski definition) is 0. The van der Waals surface area contributed by atoms with Gasteiger partial charge in [-0.25, -0.2) is 0 Å². The summed E-state index contributed by atoms with van der Waals surface area (Å²) in [7, 11) is 0. The zero-order valence-corrected chi connectivity index (χ0v) is 11.1. The number of hydrogen-bond acceptors (Lipinski definition) is 4. The Balaban J connectivity index is 1.38. The van der Waals surface area contributed by atoms with Gasteiger partial charge < -0.3 is 4.74 Å². The lowest BCUT2D eigenvalue weighted by Crippen LogP contribution is -2.49. The molecule has 1 aromatic heterocycles. The summed E-state index contributed by atoms with van der Waals surface area (Å²) in [5, 5.41) is 13.0. The molecule has 1 fully saturated rings. The summed E-state index contributed by atoms with van der Waals surface area (Å²) in [4.78, 5) is 2.34. The van der Waals surface area contributed by atoms with E-state index < -0.39 is 0 Å². The van der Waals surface area contributed by atoms with Crippen LogP contribution in [-0.2, 0) is 0 Å². The lowest BCUT2D eigenvalue weighted by molar-refractivity contribution is 0.0818. The second kappa shape index (κ2) is 5.76. The summed E-state index contributed by atoms with van der Waals surface area (Å²) in [6, 6.07) is 11.8. The van der Waals surface area contributed by atoms with Crippen molar-refractivity contribution in [2.45, 2.75) is 6.04 Å². The molecule has 0 unspecified atom stereocenters. The minimum Gasteiger partial charge on any atom is -0.492 e. The molecule has 1 aliphatic rings. The maximum Gasteiger partial charge on any atom is 0.119 e. The molecule has 5 nitrogen and oxygen atoms in total. The van der Waals surface area contributed by atoms with E-state index in [0.717, 1.165) is 25.4 Å². The van der Waals surface area contributed by atoms with Crippen LogP contribution < -0.4 is 4.74 Å². The van der Waals surface area contributed by atoms with Gasteiger partial charge in [0, 0.05) is 32.0 Å². The van der Waals surface area contributed by atoms with E-state index in [1.165, 1.54) is 0 Å². The SMILES string of the molecule is N#Cc1ccc(OCCN2CC(n3cccn3)C2)cc1. The Labute approximate surface area is 118 Å². The molecule has 0 atom stereocenters. The van der Waals surface area contributed by atoms with Gasteiger partial charge in [0.1, 0.15) is 12.4 Å². The number of nitrogens with zero attached hydrogens (tertiary/aromatic N) is 4. The number of ether oxygens (including phenoxy) is 1. The molecule has 2 aromatic rings. The third-order valence-corrected chi connectivity index (χ3v) is 3.50. The molecule has 5 heteroatoms. The van der Waals surface area contributed by atoms with E-state index in [4.69, 9.17) is 10.00 Å². The molecule has 0 amide bonds. The molecule has 2 heterocycles. The Kier molecular flexibility index (Phi) is 3.66. The van der Waals surface area contributed by atoms with Crippen LogP contribution in [0, 0.1) is 11.3 Å². The molecule has 20 heavy (non-hydrogen) atoms. The second-order valence-corrected chi connectivity index (χ2v) is 4.88. The standard InChI is InChI=1S/C15H16N4O/c16-10-13-2-4-15(5-3-13)20-9-8-18-11-14(12-18)19-7-1-6-17-19/h1-7,14H,8-9,11-12H2. The Hall–Kier alpha value is -2.32. The van der Waals surface area contributed by atoms with Crippen LogP contribution in [0.25, 0.3) is 0 Å². The smallest absolute Gasteiger partial charge is 0.119 e. The second-order valence-electron chi connectivity index (χ2n) is 4.88. The highest BCUT2D eigenvalue weighted by Gasteiger charge is 2.27. The minimum atomic E-state index is 0.500. The summed E-state index contributed by atoms with van der Waals surface area (Å²) >= 11 is 0. The Morgan fingerprint density at radius 3 is 2.75 bits per heavy atom. The van der Waals surface area contributed by atoms with Gasteiger partial charge in [0.05, 0.1) is 17.7 Å². The molecule has 0 spiro atoms. The summed E-state index contributed by atoms with van der Waals surface area (Å²) in [6.45, 7) is 3.63. The predicted molar refractivity (Wildman–Crippen MR) is 74.4 cm³/mol. The third-order valence-electron chi connectivity index (χ3n) is 3.50. The van der Waals surface area contributed by atoms with Gasteiger partial charge in [-0.15, -0.1) is 0 Å². The van der Waals surface area contributed by atoms with Crippen molar-refractivity contribution in [3.8, 4) is 11.8 Å². The van der Waals surface area contributed by atoms with E-state index in [2.05, 4.69) is 16.1 Å². The maximum absolute atomic E-state index is 8.72. The molecule has 102 valence electrons. The molecule has 0 radical (unpaired) electrons. The molecule has 1 aromatic carbocycles. The molecule has 1 saturated heterocycles. The first-order chi connectivity index (χ1) is 9.85. The Morgan fingerprint density at radius 1 is 1.30 bits per heavy atom. The van der Waals surface area contributed by atoms with E-state index in [1.807, 2.05) is 35.3 Å². The van der Waals surface area contributed by atoms with Gasteiger partial charge in [0.15, 0.2) is 0 Å². The summed E-state index contributed by atoms with van der Waals surface area (Å²) in [6.07, 6.45) is 3.83. The summed E-state index contributed by atoms with van der Waals surface area (Å²) < 4.78 is 7.68. The fraction of sp³-hybridized carbons (Fsp3) is 0.333. The zero-order valence-electron chi connectivity index (χ0n) is 11.1. The van der Waals surface area contributed by atoms with Gasteiger partial charge in [0.25, 0.3) is 0 Å². The average Bonchev–Trinajstić information content (AvgIpc) is 2.95. The van der Waals surface area contributed by atoms with Crippen molar-refractivity contribution >= 4 is 0 Å². The van der Waals surface area contributed by atoms with E-state index in [0.29, 0.717) is 18.2 Å².